The second-order valence-electron chi connectivity index (χ2n) is 6.21. The van der Waals surface area contributed by atoms with Gasteiger partial charge in [-0.2, -0.15) is 0 Å². The number of halogens is 1. The average Bonchev–Trinajstić information content (AvgIpc) is 2.97. The molecule has 0 aromatic heterocycles. The van der Waals surface area contributed by atoms with E-state index in [1.54, 1.807) is 21.9 Å². The van der Waals surface area contributed by atoms with Gasteiger partial charge in [0.05, 0.1) is 5.92 Å². The van der Waals surface area contributed by atoms with Crippen molar-refractivity contribution in [1.82, 2.24) is 9.80 Å². The van der Waals surface area contributed by atoms with E-state index in [0.29, 0.717) is 38.4 Å². The topological polar surface area (TPSA) is 60.9 Å². The molecule has 2 heterocycles. The molecule has 3 rings (SSSR count). The Kier molecular flexibility index (Phi) is 4.51. The fourth-order valence-corrected chi connectivity index (χ4v) is 3.24. The zero-order valence-corrected chi connectivity index (χ0v) is 13.6. The number of hydrogen-bond acceptors (Lipinski definition) is 3. The van der Waals surface area contributed by atoms with Gasteiger partial charge in [-0.05, 0) is 24.3 Å². The molecule has 0 bridgehead atoms. The van der Waals surface area contributed by atoms with Crippen LogP contribution in [-0.2, 0) is 14.4 Å². The molecule has 2 aliphatic heterocycles. The van der Waals surface area contributed by atoms with Crippen molar-refractivity contribution in [2.24, 2.45) is 5.92 Å². The van der Waals surface area contributed by atoms with Gasteiger partial charge in [0, 0.05) is 51.8 Å². The SMILES string of the molecule is CC(=O)N1CCN(C(=O)[C@@H]2CC(=O)N(c3ccc(F)cc3)C2)CC1. The van der Waals surface area contributed by atoms with Crippen LogP contribution in [0.25, 0.3) is 0 Å². The molecule has 0 unspecified atom stereocenters. The van der Waals surface area contributed by atoms with Gasteiger partial charge in [0.2, 0.25) is 17.7 Å². The van der Waals surface area contributed by atoms with Crippen LogP contribution >= 0.6 is 0 Å². The second-order valence-corrected chi connectivity index (χ2v) is 6.21. The van der Waals surface area contributed by atoms with Crippen molar-refractivity contribution >= 4 is 23.4 Å². The van der Waals surface area contributed by atoms with Gasteiger partial charge in [0.15, 0.2) is 0 Å². The van der Waals surface area contributed by atoms with Crippen LogP contribution in [0.1, 0.15) is 13.3 Å². The van der Waals surface area contributed by atoms with Crippen LogP contribution in [0.2, 0.25) is 0 Å². The lowest BCUT2D eigenvalue weighted by Gasteiger charge is -2.35. The third-order valence-corrected chi connectivity index (χ3v) is 4.65. The van der Waals surface area contributed by atoms with Crippen molar-refractivity contribution in [1.29, 1.82) is 0 Å². The maximum Gasteiger partial charge on any atom is 0.228 e. The van der Waals surface area contributed by atoms with Crippen molar-refractivity contribution in [2.75, 3.05) is 37.6 Å². The van der Waals surface area contributed by atoms with E-state index in [0.717, 1.165) is 0 Å². The van der Waals surface area contributed by atoms with Crippen LogP contribution in [0.4, 0.5) is 10.1 Å². The monoisotopic (exact) mass is 333 g/mol. The standard InChI is InChI=1S/C17H20FN3O3/c1-12(22)19-6-8-20(9-7-19)17(24)13-10-16(23)21(11-13)15-4-2-14(18)3-5-15/h2-5,13H,6-11H2,1H3/t13-/m1/s1. The highest BCUT2D eigenvalue weighted by atomic mass is 19.1. The molecule has 24 heavy (non-hydrogen) atoms. The lowest BCUT2D eigenvalue weighted by atomic mass is 10.1. The first-order chi connectivity index (χ1) is 11.5. The summed E-state index contributed by atoms with van der Waals surface area (Å²) in [5, 5.41) is 0. The van der Waals surface area contributed by atoms with Crippen LogP contribution < -0.4 is 4.90 Å². The van der Waals surface area contributed by atoms with Gasteiger partial charge in [-0.3, -0.25) is 14.4 Å². The van der Waals surface area contributed by atoms with E-state index in [1.165, 1.54) is 24.0 Å². The minimum absolute atomic E-state index is 0.0145. The van der Waals surface area contributed by atoms with Crippen molar-refractivity contribution in [3.63, 3.8) is 0 Å². The Morgan fingerprint density at radius 1 is 1.04 bits per heavy atom. The molecule has 7 heteroatoms. The number of amides is 3. The Hall–Kier alpha value is -2.44. The van der Waals surface area contributed by atoms with Gasteiger partial charge in [-0.25, -0.2) is 4.39 Å². The first-order valence-electron chi connectivity index (χ1n) is 8.06. The lowest BCUT2D eigenvalue weighted by Crippen LogP contribution is -2.51. The van der Waals surface area contributed by atoms with Gasteiger partial charge >= 0.3 is 0 Å². The summed E-state index contributed by atoms with van der Waals surface area (Å²) >= 11 is 0. The summed E-state index contributed by atoms with van der Waals surface area (Å²) in [5.41, 5.74) is 0.609. The minimum atomic E-state index is -0.383. The Balaban J connectivity index is 1.62. The summed E-state index contributed by atoms with van der Waals surface area (Å²) in [6.45, 7) is 3.90. The quantitative estimate of drug-likeness (QED) is 0.807. The van der Waals surface area contributed by atoms with Crippen molar-refractivity contribution in [3.05, 3.63) is 30.1 Å². The van der Waals surface area contributed by atoms with Crippen LogP contribution in [0, 0.1) is 11.7 Å². The largest absolute Gasteiger partial charge is 0.339 e. The molecule has 3 amide bonds. The number of carbonyl (C=O) groups excluding carboxylic acids is 3. The number of hydrogen-bond donors (Lipinski definition) is 0. The zero-order valence-electron chi connectivity index (χ0n) is 13.6. The fourth-order valence-electron chi connectivity index (χ4n) is 3.24. The molecule has 0 N–H and O–H groups in total. The Morgan fingerprint density at radius 3 is 2.21 bits per heavy atom. The number of piperazine rings is 1. The average molecular weight is 333 g/mol. The fraction of sp³-hybridized carbons (Fsp3) is 0.471. The predicted octanol–water partition coefficient (Wildman–Crippen LogP) is 0.869. The first kappa shape index (κ1) is 16.4. The van der Waals surface area contributed by atoms with Gasteiger partial charge < -0.3 is 14.7 Å². The third-order valence-electron chi connectivity index (χ3n) is 4.65. The highest BCUT2D eigenvalue weighted by Gasteiger charge is 2.38. The van der Waals surface area contributed by atoms with Crippen molar-refractivity contribution in [2.45, 2.75) is 13.3 Å². The van der Waals surface area contributed by atoms with E-state index >= 15 is 0 Å². The first-order valence-corrected chi connectivity index (χ1v) is 8.06. The highest BCUT2D eigenvalue weighted by Crippen LogP contribution is 2.26. The summed E-state index contributed by atoms with van der Waals surface area (Å²) in [4.78, 5) is 41.2. The van der Waals surface area contributed by atoms with Gasteiger partial charge in [-0.15, -0.1) is 0 Å². The second kappa shape index (κ2) is 6.59. The Bertz CT molecular complexity index is 654. The molecule has 6 nitrogen and oxygen atoms in total. The molecule has 1 atom stereocenters. The predicted molar refractivity (Wildman–Crippen MR) is 85.7 cm³/mol. The molecule has 0 radical (unpaired) electrons. The maximum atomic E-state index is 13.0. The molecular formula is C17H20FN3O3. The third kappa shape index (κ3) is 3.25. The molecule has 0 aliphatic carbocycles. The zero-order chi connectivity index (χ0) is 17.3. The van der Waals surface area contributed by atoms with Gasteiger partial charge in [0.25, 0.3) is 0 Å². The smallest absolute Gasteiger partial charge is 0.228 e. The van der Waals surface area contributed by atoms with E-state index in [9.17, 15) is 18.8 Å². The van der Waals surface area contributed by atoms with Crippen molar-refractivity contribution in [3.8, 4) is 0 Å². The molecule has 0 saturated carbocycles. The molecule has 128 valence electrons. The van der Waals surface area contributed by atoms with E-state index < -0.39 is 0 Å². The number of nitrogens with zero attached hydrogens (tertiary/aromatic N) is 3. The molecular weight excluding hydrogens is 313 g/mol. The van der Waals surface area contributed by atoms with E-state index in [-0.39, 0.29) is 35.9 Å². The number of benzene rings is 1. The lowest BCUT2D eigenvalue weighted by molar-refractivity contribution is -0.141. The maximum absolute atomic E-state index is 13.0. The van der Waals surface area contributed by atoms with Crippen LogP contribution in [0.15, 0.2) is 24.3 Å². The highest BCUT2D eigenvalue weighted by molar-refractivity contribution is 6.00. The Morgan fingerprint density at radius 2 is 1.62 bits per heavy atom. The molecule has 2 fully saturated rings. The normalized spacial score (nSPS) is 21.3. The molecule has 1 aromatic carbocycles. The Labute approximate surface area is 139 Å². The van der Waals surface area contributed by atoms with E-state index in [2.05, 4.69) is 0 Å². The number of rotatable bonds is 2. The van der Waals surface area contributed by atoms with Crippen molar-refractivity contribution < 1.29 is 18.8 Å². The van der Waals surface area contributed by atoms with Gasteiger partial charge in [-0.1, -0.05) is 0 Å². The molecule has 0 spiro atoms. The van der Waals surface area contributed by atoms with Crippen LogP contribution in [-0.4, -0.2) is 60.2 Å². The summed E-state index contributed by atoms with van der Waals surface area (Å²) < 4.78 is 13.0. The summed E-state index contributed by atoms with van der Waals surface area (Å²) in [7, 11) is 0. The number of carbonyl (C=O) groups is 3. The van der Waals surface area contributed by atoms with E-state index in [4.69, 9.17) is 0 Å². The number of anilines is 1. The summed E-state index contributed by atoms with van der Waals surface area (Å²) in [5.74, 6) is -0.896. The summed E-state index contributed by atoms with van der Waals surface area (Å²) in [6.07, 6.45) is 0.170. The van der Waals surface area contributed by atoms with Crippen LogP contribution in [0.5, 0.6) is 0 Å². The summed E-state index contributed by atoms with van der Waals surface area (Å²) in [6, 6.07) is 5.70. The molecule has 2 aliphatic rings. The van der Waals surface area contributed by atoms with E-state index in [1.807, 2.05) is 0 Å². The van der Waals surface area contributed by atoms with Crippen LogP contribution in [0.3, 0.4) is 0 Å². The molecule has 1 aromatic rings. The molecule has 2 saturated heterocycles. The van der Waals surface area contributed by atoms with Gasteiger partial charge in [0.1, 0.15) is 5.82 Å². The minimum Gasteiger partial charge on any atom is -0.339 e.